The Labute approximate surface area is 130 Å². The van der Waals surface area contributed by atoms with Crippen molar-refractivity contribution in [3.8, 4) is 5.75 Å². The van der Waals surface area contributed by atoms with Crippen LogP contribution in [0.1, 0.15) is 23.2 Å². The number of aromatic hydroxyl groups is 1. The molecule has 0 aliphatic carbocycles. The van der Waals surface area contributed by atoms with Gasteiger partial charge in [-0.2, -0.15) is 13.2 Å². The molecular weight excluding hydrogens is 309 g/mol. The van der Waals surface area contributed by atoms with E-state index < -0.39 is 18.0 Å². The third-order valence-electron chi connectivity index (χ3n) is 4.20. The Morgan fingerprint density at radius 3 is 2.61 bits per heavy atom. The lowest BCUT2D eigenvalue weighted by atomic mass is 9.95. The monoisotopic (exact) mass is 324 g/mol. The zero-order chi connectivity index (χ0) is 16.6. The predicted octanol–water partition coefficient (Wildman–Crippen LogP) is 3.35. The van der Waals surface area contributed by atoms with Crippen molar-refractivity contribution >= 4 is 16.8 Å². The van der Waals surface area contributed by atoms with Gasteiger partial charge in [0.1, 0.15) is 5.75 Å². The molecule has 3 rings (SSSR count). The molecule has 0 radical (unpaired) electrons. The third-order valence-corrected chi connectivity index (χ3v) is 4.20. The van der Waals surface area contributed by atoms with E-state index in [0.29, 0.717) is 10.9 Å². The normalized spacial score (nSPS) is 16.7. The van der Waals surface area contributed by atoms with E-state index in [-0.39, 0.29) is 37.2 Å². The van der Waals surface area contributed by atoms with Crippen molar-refractivity contribution in [3.05, 3.63) is 36.0 Å². The quantitative estimate of drug-likeness (QED) is 0.875. The van der Waals surface area contributed by atoms with E-state index in [1.807, 2.05) is 0 Å². The lowest BCUT2D eigenvalue weighted by molar-refractivity contribution is -0.183. The molecule has 1 aromatic heterocycles. The average Bonchev–Trinajstić information content (AvgIpc) is 2.53. The average molecular weight is 324 g/mol. The van der Waals surface area contributed by atoms with Crippen molar-refractivity contribution in [2.24, 2.45) is 5.92 Å². The summed E-state index contributed by atoms with van der Waals surface area (Å²) in [6.07, 6.45) is -2.86. The van der Waals surface area contributed by atoms with Crippen LogP contribution >= 0.6 is 0 Å². The van der Waals surface area contributed by atoms with E-state index in [4.69, 9.17) is 0 Å². The Morgan fingerprint density at radius 1 is 1.26 bits per heavy atom. The first kappa shape index (κ1) is 15.6. The van der Waals surface area contributed by atoms with Crippen LogP contribution in [0.5, 0.6) is 5.75 Å². The summed E-state index contributed by atoms with van der Waals surface area (Å²) in [6, 6.07) is 6.39. The van der Waals surface area contributed by atoms with Crippen LogP contribution in [0.25, 0.3) is 10.9 Å². The highest BCUT2D eigenvalue weighted by Crippen LogP contribution is 2.35. The van der Waals surface area contributed by atoms with Crippen molar-refractivity contribution in [2.75, 3.05) is 13.1 Å². The number of aromatic nitrogens is 1. The van der Waals surface area contributed by atoms with Gasteiger partial charge in [-0.1, -0.05) is 6.07 Å². The molecule has 1 aliphatic rings. The molecule has 0 unspecified atom stereocenters. The number of halogens is 3. The molecule has 7 heteroatoms. The lowest BCUT2D eigenvalue weighted by Crippen LogP contribution is -2.42. The Balaban J connectivity index is 1.80. The fourth-order valence-electron chi connectivity index (χ4n) is 2.86. The summed E-state index contributed by atoms with van der Waals surface area (Å²) in [5.41, 5.74) is 0.625. The number of likely N-dealkylation sites (tertiary alicyclic amines) is 1. The van der Waals surface area contributed by atoms with Gasteiger partial charge in [-0.25, -0.2) is 0 Å². The largest absolute Gasteiger partial charge is 0.507 e. The van der Waals surface area contributed by atoms with E-state index in [1.165, 1.54) is 17.0 Å². The van der Waals surface area contributed by atoms with E-state index in [9.17, 15) is 23.1 Å². The Bertz CT molecular complexity index is 738. The molecule has 1 aliphatic heterocycles. The topological polar surface area (TPSA) is 53.4 Å². The van der Waals surface area contributed by atoms with Crippen LogP contribution in [0, 0.1) is 5.92 Å². The van der Waals surface area contributed by atoms with Gasteiger partial charge in [-0.3, -0.25) is 9.78 Å². The molecule has 23 heavy (non-hydrogen) atoms. The summed E-state index contributed by atoms with van der Waals surface area (Å²) in [6.45, 7) is 0.0609. The van der Waals surface area contributed by atoms with Crippen LogP contribution in [0.15, 0.2) is 30.5 Å². The molecule has 2 heterocycles. The number of phenolic OH excluding ortho intramolecular Hbond substituents is 1. The fraction of sp³-hybridized carbons (Fsp3) is 0.375. The van der Waals surface area contributed by atoms with E-state index >= 15 is 0 Å². The lowest BCUT2D eigenvalue weighted by Gasteiger charge is -2.33. The van der Waals surface area contributed by atoms with Crippen LogP contribution in [0.4, 0.5) is 13.2 Å². The van der Waals surface area contributed by atoms with Crippen LogP contribution < -0.4 is 0 Å². The second-order valence-electron chi connectivity index (χ2n) is 5.67. The van der Waals surface area contributed by atoms with E-state index in [0.717, 1.165) is 0 Å². The number of hydrogen-bond donors (Lipinski definition) is 1. The SMILES string of the molecule is O=C(c1cc2ncccc2cc1O)N1CCC(C(F)(F)F)CC1. The summed E-state index contributed by atoms with van der Waals surface area (Å²) >= 11 is 0. The number of phenols is 1. The number of benzene rings is 1. The van der Waals surface area contributed by atoms with Gasteiger partial charge in [0.25, 0.3) is 5.91 Å². The molecule has 0 atom stereocenters. The number of fused-ring (bicyclic) bond motifs is 1. The minimum atomic E-state index is -4.22. The van der Waals surface area contributed by atoms with Crippen molar-refractivity contribution < 1.29 is 23.1 Å². The second kappa shape index (κ2) is 5.72. The molecule has 1 N–H and O–H groups in total. The van der Waals surface area contributed by atoms with Crippen molar-refractivity contribution in [1.29, 1.82) is 0 Å². The van der Waals surface area contributed by atoms with Crippen LogP contribution in [-0.2, 0) is 0 Å². The highest BCUT2D eigenvalue weighted by Gasteiger charge is 2.41. The summed E-state index contributed by atoms with van der Waals surface area (Å²) < 4.78 is 38.0. The number of hydrogen-bond acceptors (Lipinski definition) is 3. The van der Waals surface area contributed by atoms with E-state index in [1.54, 1.807) is 18.3 Å². The molecule has 0 bridgehead atoms. The molecule has 1 saturated heterocycles. The van der Waals surface area contributed by atoms with E-state index in [2.05, 4.69) is 4.98 Å². The highest BCUT2D eigenvalue weighted by atomic mass is 19.4. The standard InChI is InChI=1S/C16H15F3N2O2/c17-16(18,19)11-3-6-21(7-4-11)15(23)12-9-13-10(8-14(12)22)2-1-5-20-13/h1-2,5,8-9,11,22H,3-4,6-7H2. The zero-order valence-electron chi connectivity index (χ0n) is 12.2. The van der Waals surface area contributed by atoms with Gasteiger partial charge in [-0.15, -0.1) is 0 Å². The van der Waals surface area contributed by atoms with Gasteiger partial charge in [-0.05, 0) is 31.0 Å². The van der Waals surface area contributed by atoms with Crippen molar-refractivity contribution in [3.63, 3.8) is 0 Å². The van der Waals surface area contributed by atoms with Gasteiger partial charge in [0.15, 0.2) is 0 Å². The Kier molecular flexibility index (Phi) is 3.87. The maximum Gasteiger partial charge on any atom is 0.391 e. The third kappa shape index (κ3) is 3.09. The number of amides is 1. The first-order valence-corrected chi connectivity index (χ1v) is 7.30. The molecule has 1 amide bonds. The predicted molar refractivity (Wildman–Crippen MR) is 78.1 cm³/mol. The van der Waals surface area contributed by atoms with Gasteiger partial charge in [0.05, 0.1) is 17.0 Å². The van der Waals surface area contributed by atoms with Gasteiger partial charge in [0, 0.05) is 24.7 Å². The smallest absolute Gasteiger partial charge is 0.391 e. The number of pyridine rings is 1. The fourth-order valence-corrected chi connectivity index (χ4v) is 2.86. The number of rotatable bonds is 1. The molecule has 0 saturated carbocycles. The minimum Gasteiger partial charge on any atom is -0.507 e. The van der Waals surface area contributed by atoms with Crippen LogP contribution in [0.2, 0.25) is 0 Å². The molecule has 1 aromatic carbocycles. The molecule has 122 valence electrons. The van der Waals surface area contributed by atoms with Crippen molar-refractivity contribution in [1.82, 2.24) is 9.88 Å². The number of carbonyl (C=O) groups excluding carboxylic acids is 1. The maximum atomic E-state index is 12.7. The molecule has 0 spiro atoms. The van der Waals surface area contributed by atoms with Crippen LogP contribution in [-0.4, -0.2) is 40.2 Å². The maximum absolute atomic E-state index is 12.7. The van der Waals surface area contributed by atoms with Gasteiger partial charge in [0.2, 0.25) is 0 Å². The number of alkyl halides is 3. The number of piperidine rings is 1. The second-order valence-corrected chi connectivity index (χ2v) is 5.67. The molecule has 2 aromatic rings. The summed E-state index contributed by atoms with van der Waals surface area (Å²) in [5.74, 6) is -2.01. The van der Waals surface area contributed by atoms with Gasteiger partial charge < -0.3 is 10.0 Å². The first-order valence-electron chi connectivity index (χ1n) is 7.30. The summed E-state index contributed by atoms with van der Waals surface area (Å²) in [7, 11) is 0. The zero-order valence-corrected chi connectivity index (χ0v) is 12.2. The summed E-state index contributed by atoms with van der Waals surface area (Å²) in [5, 5.41) is 10.7. The first-order chi connectivity index (χ1) is 10.9. The summed E-state index contributed by atoms with van der Waals surface area (Å²) in [4.78, 5) is 18.0. The minimum absolute atomic E-state index is 0.0305. The number of nitrogens with zero attached hydrogens (tertiary/aromatic N) is 2. The Hall–Kier alpha value is -2.31. The molecule has 4 nitrogen and oxygen atoms in total. The molecule has 1 fully saturated rings. The highest BCUT2D eigenvalue weighted by molar-refractivity contribution is 6.00. The van der Waals surface area contributed by atoms with Crippen molar-refractivity contribution in [2.45, 2.75) is 19.0 Å². The molecular formula is C16H15F3N2O2. The Morgan fingerprint density at radius 2 is 1.96 bits per heavy atom. The number of carbonyl (C=O) groups is 1. The van der Waals surface area contributed by atoms with Gasteiger partial charge >= 0.3 is 6.18 Å². The van der Waals surface area contributed by atoms with Crippen LogP contribution in [0.3, 0.4) is 0 Å².